The molecular formula is C14H20I2O. The molecular weight excluding hydrogens is 438 g/mol. The molecule has 1 nitrogen and oxygen atoms in total. The largest absolute Gasteiger partial charge is 0.508 e. The summed E-state index contributed by atoms with van der Waals surface area (Å²) in [5.41, 5.74) is 1.31. The Morgan fingerprint density at radius 2 is 1.53 bits per heavy atom. The minimum Gasteiger partial charge on any atom is -0.508 e. The number of halogens is 2. The van der Waals surface area contributed by atoms with Crippen molar-refractivity contribution < 1.29 is 5.11 Å². The zero-order valence-electron chi connectivity index (χ0n) is 10.8. The van der Waals surface area contributed by atoms with Crippen LogP contribution in [-0.2, 0) is 0 Å². The molecule has 0 aliphatic heterocycles. The maximum Gasteiger partial charge on any atom is 0.115 e. The predicted molar refractivity (Wildman–Crippen MR) is 91.7 cm³/mol. The van der Waals surface area contributed by atoms with Crippen LogP contribution in [0.25, 0.3) is 0 Å². The van der Waals surface area contributed by atoms with Gasteiger partial charge in [0.2, 0.25) is 0 Å². The second-order valence-electron chi connectivity index (χ2n) is 5.63. The van der Waals surface area contributed by atoms with Crippen molar-refractivity contribution in [2.24, 2.45) is 0 Å². The fraction of sp³-hybridized carbons (Fsp3) is 0.571. The fourth-order valence-electron chi connectivity index (χ4n) is 1.95. The highest BCUT2D eigenvalue weighted by Gasteiger charge is 2.32. The van der Waals surface area contributed by atoms with Crippen LogP contribution in [0, 0.1) is 0 Å². The molecule has 0 fully saturated rings. The van der Waals surface area contributed by atoms with E-state index in [4.69, 9.17) is 0 Å². The number of phenols is 1. The molecule has 1 aromatic rings. The summed E-state index contributed by atoms with van der Waals surface area (Å²) in [6, 6.07) is 7.65. The third kappa shape index (κ3) is 5.32. The summed E-state index contributed by atoms with van der Waals surface area (Å²) in [4.78, 5) is 0. The maximum atomic E-state index is 9.37. The molecule has 0 bridgehead atoms. The lowest BCUT2D eigenvalue weighted by Crippen LogP contribution is -2.27. The average molecular weight is 458 g/mol. The van der Waals surface area contributed by atoms with E-state index in [0.717, 1.165) is 6.42 Å². The van der Waals surface area contributed by atoms with Gasteiger partial charge in [0.15, 0.2) is 0 Å². The Hall–Kier alpha value is 0.480. The van der Waals surface area contributed by atoms with Gasteiger partial charge < -0.3 is 5.11 Å². The van der Waals surface area contributed by atoms with Crippen molar-refractivity contribution in [1.82, 2.24) is 0 Å². The molecule has 0 radical (unpaired) electrons. The average Bonchev–Trinajstić information content (AvgIpc) is 2.13. The molecule has 0 aliphatic rings. The Morgan fingerprint density at radius 3 is 1.88 bits per heavy atom. The van der Waals surface area contributed by atoms with Crippen molar-refractivity contribution in [1.29, 1.82) is 0 Å². The monoisotopic (exact) mass is 458 g/mol. The van der Waals surface area contributed by atoms with Gasteiger partial charge in [0, 0.05) is 6.84 Å². The van der Waals surface area contributed by atoms with Gasteiger partial charge >= 0.3 is 0 Å². The Labute approximate surface area is 132 Å². The van der Waals surface area contributed by atoms with E-state index < -0.39 is 0 Å². The van der Waals surface area contributed by atoms with E-state index in [1.54, 1.807) is 12.1 Å². The first-order chi connectivity index (χ1) is 7.59. The van der Waals surface area contributed by atoms with Crippen molar-refractivity contribution in [2.45, 2.75) is 46.9 Å². The zero-order chi connectivity index (χ0) is 13.3. The Kier molecular flexibility index (Phi) is 5.15. The van der Waals surface area contributed by atoms with E-state index in [9.17, 15) is 5.11 Å². The molecule has 1 N–H and O–H groups in total. The van der Waals surface area contributed by atoms with Gasteiger partial charge in [-0.05, 0) is 30.0 Å². The summed E-state index contributed by atoms with van der Waals surface area (Å²) in [6.07, 6.45) is 1.13. The van der Waals surface area contributed by atoms with Crippen LogP contribution in [0.3, 0.4) is 0 Å². The number of rotatable bonds is 4. The van der Waals surface area contributed by atoms with Crippen molar-refractivity contribution in [3.63, 3.8) is 0 Å². The van der Waals surface area contributed by atoms with Crippen LogP contribution < -0.4 is 0 Å². The summed E-state index contributed by atoms with van der Waals surface area (Å²) in [5, 5.41) is 9.37. The molecule has 17 heavy (non-hydrogen) atoms. The van der Waals surface area contributed by atoms with E-state index in [-0.39, 0.29) is 6.84 Å². The summed E-state index contributed by atoms with van der Waals surface area (Å²) < 4.78 is 0.486. The Bertz CT molecular complexity index is 357. The molecule has 1 rings (SSSR count). The smallest absolute Gasteiger partial charge is 0.115 e. The highest BCUT2D eigenvalue weighted by molar-refractivity contribution is 14.1. The third-order valence-corrected chi connectivity index (χ3v) is 4.01. The second-order valence-corrected chi connectivity index (χ2v) is 11.3. The molecule has 1 atom stereocenters. The van der Waals surface area contributed by atoms with E-state index >= 15 is 0 Å². The Balaban J connectivity index is 3.03. The van der Waals surface area contributed by atoms with Crippen LogP contribution in [0.15, 0.2) is 24.3 Å². The molecule has 0 spiro atoms. The third-order valence-electron chi connectivity index (χ3n) is 2.81. The molecule has 0 amide bonds. The number of aromatic hydroxyl groups is 1. The molecule has 0 aromatic heterocycles. The van der Waals surface area contributed by atoms with Gasteiger partial charge in [-0.1, -0.05) is 85.0 Å². The van der Waals surface area contributed by atoms with Crippen LogP contribution in [0.4, 0.5) is 0 Å². The van der Waals surface area contributed by atoms with Crippen molar-refractivity contribution in [3.05, 3.63) is 29.8 Å². The van der Waals surface area contributed by atoms with E-state index in [1.165, 1.54) is 5.56 Å². The van der Waals surface area contributed by atoms with Gasteiger partial charge in [-0.2, -0.15) is 0 Å². The molecule has 0 heterocycles. The number of alkyl halides is 2. The van der Waals surface area contributed by atoms with E-state index in [2.05, 4.69) is 72.9 Å². The minimum absolute atomic E-state index is 0.206. The lowest BCUT2D eigenvalue weighted by molar-refractivity contribution is 0.470. The molecule has 0 saturated heterocycles. The first kappa shape index (κ1) is 15.5. The van der Waals surface area contributed by atoms with Crippen LogP contribution in [0.1, 0.15) is 45.6 Å². The summed E-state index contributed by atoms with van der Waals surface area (Å²) in [7, 11) is 0. The molecule has 3 heteroatoms. The molecule has 0 aliphatic carbocycles. The highest BCUT2D eigenvalue weighted by Crippen LogP contribution is 2.43. The summed E-state index contributed by atoms with van der Waals surface area (Å²) in [6.45, 7) is 9.08. The minimum atomic E-state index is 0.206. The van der Waals surface area contributed by atoms with Crippen LogP contribution >= 0.6 is 45.2 Å². The van der Waals surface area contributed by atoms with Crippen LogP contribution in [0.5, 0.6) is 5.75 Å². The van der Waals surface area contributed by atoms with Crippen molar-refractivity contribution in [3.8, 4) is 5.75 Å². The number of hydrogen-bond donors (Lipinski definition) is 1. The topological polar surface area (TPSA) is 20.2 Å². The van der Waals surface area contributed by atoms with Gasteiger partial charge in [-0.15, -0.1) is 0 Å². The zero-order valence-corrected chi connectivity index (χ0v) is 15.1. The number of phenolic OH excluding ortho intramolecular Hbond substituents is 1. The van der Waals surface area contributed by atoms with Crippen molar-refractivity contribution >= 4 is 45.2 Å². The summed E-state index contributed by atoms with van der Waals surface area (Å²) in [5.74, 6) is 0.836. The first-order valence-corrected chi connectivity index (χ1v) is 7.92. The SMILES string of the molecule is CC(C)(I)CC(c1ccc(O)cc1)C(C)(C)I. The van der Waals surface area contributed by atoms with E-state index in [1.807, 2.05) is 12.1 Å². The lowest BCUT2D eigenvalue weighted by atomic mass is 9.82. The van der Waals surface area contributed by atoms with Gasteiger partial charge in [0.05, 0.1) is 0 Å². The van der Waals surface area contributed by atoms with E-state index in [0.29, 0.717) is 11.7 Å². The number of benzene rings is 1. The fourth-order valence-corrected chi connectivity index (χ4v) is 2.97. The Morgan fingerprint density at radius 1 is 1.06 bits per heavy atom. The summed E-state index contributed by atoms with van der Waals surface area (Å²) >= 11 is 5.04. The van der Waals surface area contributed by atoms with Gasteiger partial charge in [-0.25, -0.2) is 0 Å². The van der Waals surface area contributed by atoms with Gasteiger partial charge in [-0.3, -0.25) is 0 Å². The normalized spacial score (nSPS) is 14.7. The molecule has 1 unspecified atom stereocenters. The predicted octanol–water partition coefficient (Wildman–Crippen LogP) is 5.29. The van der Waals surface area contributed by atoms with Crippen LogP contribution in [-0.4, -0.2) is 11.9 Å². The lowest BCUT2D eigenvalue weighted by Gasteiger charge is -2.34. The molecule has 96 valence electrons. The maximum absolute atomic E-state index is 9.37. The molecule has 0 saturated carbocycles. The standard InChI is InChI=1S/C14H20I2O/c1-13(2,15)9-12(14(3,4)16)10-5-7-11(17)8-6-10/h5-8,12,17H,9H2,1-4H3. The number of hydrogen-bond acceptors (Lipinski definition) is 1. The highest BCUT2D eigenvalue weighted by atomic mass is 127. The first-order valence-electron chi connectivity index (χ1n) is 5.76. The quantitative estimate of drug-likeness (QED) is 0.480. The van der Waals surface area contributed by atoms with Gasteiger partial charge in [0.1, 0.15) is 5.75 Å². The van der Waals surface area contributed by atoms with Crippen molar-refractivity contribution in [2.75, 3.05) is 0 Å². The van der Waals surface area contributed by atoms with Gasteiger partial charge in [0.25, 0.3) is 0 Å². The second kappa shape index (κ2) is 5.63. The molecule has 1 aromatic carbocycles. The van der Waals surface area contributed by atoms with Crippen LogP contribution in [0.2, 0.25) is 0 Å².